The maximum atomic E-state index is 9.17. The number of aromatic nitrogens is 4. The van der Waals surface area contributed by atoms with Crippen LogP contribution >= 0.6 is 0 Å². The molecule has 1 aliphatic heterocycles. The number of benzene rings is 1. The summed E-state index contributed by atoms with van der Waals surface area (Å²) < 4.78 is 1.79. The molecule has 0 spiro atoms. The second kappa shape index (κ2) is 6.11. The summed E-state index contributed by atoms with van der Waals surface area (Å²) in [5.74, 6) is 1.31. The summed E-state index contributed by atoms with van der Waals surface area (Å²) in [5.41, 5.74) is 0.984. The minimum absolute atomic E-state index is 0.301. The number of rotatable bonds is 4. The number of hydrogen-bond acceptors (Lipinski definition) is 5. The van der Waals surface area contributed by atoms with E-state index in [0.717, 1.165) is 44.0 Å². The smallest absolute Gasteiger partial charge is 0.170 e. The third-order valence-corrected chi connectivity index (χ3v) is 3.87. The van der Waals surface area contributed by atoms with E-state index in [2.05, 4.69) is 20.4 Å². The van der Waals surface area contributed by atoms with Gasteiger partial charge in [0.15, 0.2) is 5.82 Å². The lowest BCUT2D eigenvalue weighted by atomic mass is 9.98. The zero-order chi connectivity index (χ0) is 13.8. The van der Waals surface area contributed by atoms with Gasteiger partial charge in [-0.2, -0.15) is 4.68 Å². The van der Waals surface area contributed by atoms with Gasteiger partial charge in [0.1, 0.15) is 0 Å². The molecule has 0 unspecified atom stereocenters. The second-order valence-corrected chi connectivity index (χ2v) is 5.24. The maximum absolute atomic E-state index is 9.17. The molecule has 1 N–H and O–H groups in total. The van der Waals surface area contributed by atoms with Crippen LogP contribution in [0.25, 0.3) is 5.69 Å². The van der Waals surface area contributed by atoms with Crippen LogP contribution in [-0.4, -0.2) is 49.9 Å². The highest BCUT2D eigenvalue weighted by Gasteiger charge is 2.20. The highest BCUT2D eigenvalue weighted by atomic mass is 16.3. The number of nitrogens with zero attached hydrogens (tertiary/aromatic N) is 5. The van der Waals surface area contributed by atoms with E-state index in [1.165, 1.54) is 0 Å². The Morgan fingerprint density at radius 2 is 1.90 bits per heavy atom. The molecule has 20 heavy (non-hydrogen) atoms. The van der Waals surface area contributed by atoms with Crippen molar-refractivity contribution < 1.29 is 5.11 Å². The van der Waals surface area contributed by atoms with Crippen molar-refractivity contribution in [2.75, 3.05) is 19.7 Å². The minimum atomic E-state index is 0.301. The van der Waals surface area contributed by atoms with Gasteiger partial charge in [-0.05, 0) is 54.4 Å². The predicted octanol–water partition coefficient (Wildman–Crippen LogP) is 0.867. The summed E-state index contributed by atoms with van der Waals surface area (Å²) in [4.78, 5) is 2.34. The predicted molar refractivity (Wildman–Crippen MR) is 74.2 cm³/mol. The monoisotopic (exact) mass is 273 g/mol. The van der Waals surface area contributed by atoms with Crippen LogP contribution in [0.1, 0.15) is 18.7 Å². The molecule has 1 fully saturated rings. The quantitative estimate of drug-likeness (QED) is 0.895. The van der Waals surface area contributed by atoms with Crippen LogP contribution in [0.4, 0.5) is 0 Å². The first-order chi connectivity index (χ1) is 9.86. The number of piperidine rings is 1. The van der Waals surface area contributed by atoms with Crippen molar-refractivity contribution in [2.45, 2.75) is 19.4 Å². The Morgan fingerprint density at radius 3 is 2.60 bits per heavy atom. The van der Waals surface area contributed by atoms with Crippen LogP contribution < -0.4 is 0 Å². The van der Waals surface area contributed by atoms with Gasteiger partial charge in [-0.15, -0.1) is 5.10 Å². The number of tetrazole rings is 1. The van der Waals surface area contributed by atoms with Crippen LogP contribution in [0.5, 0.6) is 0 Å². The number of para-hydroxylation sites is 1. The van der Waals surface area contributed by atoms with E-state index in [1.54, 1.807) is 4.68 Å². The maximum Gasteiger partial charge on any atom is 0.170 e. The minimum Gasteiger partial charge on any atom is -0.396 e. The summed E-state index contributed by atoms with van der Waals surface area (Å²) >= 11 is 0. The fourth-order valence-corrected chi connectivity index (χ4v) is 2.60. The van der Waals surface area contributed by atoms with E-state index in [-0.39, 0.29) is 0 Å². The highest BCUT2D eigenvalue weighted by Crippen LogP contribution is 2.18. The molecule has 1 aromatic heterocycles. The standard InChI is InChI=1S/C14H19N5O/c20-11-12-6-8-18(9-7-12)10-14-15-16-17-19(14)13-4-2-1-3-5-13/h1-5,12,20H,6-11H2. The fourth-order valence-electron chi connectivity index (χ4n) is 2.60. The van der Waals surface area contributed by atoms with E-state index in [1.807, 2.05) is 30.3 Å². The molecule has 0 bridgehead atoms. The van der Waals surface area contributed by atoms with Gasteiger partial charge in [0.05, 0.1) is 12.2 Å². The summed E-state index contributed by atoms with van der Waals surface area (Å²) in [7, 11) is 0. The molecule has 106 valence electrons. The molecule has 1 aromatic carbocycles. The van der Waals surface area contributed by atoms with Crippen molar-refractivity contribution in [3.8, 4) is 5.69 Å². The number of aliphatic hydroxyl groups is 1. The molecular weight excluding hydrogens is 254 g/mol. The summed E-state index contributed by atoms with van der Waals surface area (Å²) in [6.45, 7) is 3.04. The fraction of sp³-hybridized carbons (Fsp3) is 0.500. The highest BCUT2D eigenvalue weighted by molar-refractivity contribution is 5.30. The molecule has 6 heteroatoms. The normalized spacial score (nSPS) is 17.4. The zero-order valence-electron chi connectivity index (χ0n) is 11.4. The van der Waals surface area contributed by atoms with Gasteiger partial charge in [0.25, 0.3) is 0 Å². The number of hydrogen-bond donors (Lipinski definition) is 1. The van der Waals surface area contributed by atoms with Crippen LogP contribution in [0.2, 0.25) is 0 Å². The molecule has 0 radical (unpaired) electrons. The van der Waals surface area contributed by atoms with Crippen molar-refractivity contribution in [2.24, 2.45) is 5.92 Å². The first kappa shape index (κ1) is 13.2. The number of likely N-dealkylation sites (tertiary alicyclic amines) is 1. The average Bonchev–Trinajstić information content (AvgIpc) is 2.97. The molecule has 1 saturated heterocycles. The van der Waals surface area contributed by atoms with Crippen LogP contribution in [0.15, 0.2) is 30.3 Å². The Hall–Kier alpha value is -1.79. The van der Waals surface area contributed by atoms with E-state index in [9.17, 15) is 5.11 Å². The third kappa shape index (κ3) is 2.86. The molecular formula is C14H19N5O. The van der Waals surface area contributed by atoms with Gasteiger partial charge in [0.2, 0.25) is 0 Å². The Balaban J connectivity index is 1.69. The molecule has 2 heterocycles. The van der Waals surface area contributed by atoms with Crippen LogP contribution in [-0.2, 0) is 6.54 Å². The Morgan fingerprint density at radius 1 is 1.15 bits per heavy atom. The average molecular weight is 273 g/mol. The summed E-state index contributed by atoms with van der Waals surface area (Å²) in [5, 5.41) is 21.2. The Bertz CT molecular complexity index is 534. The van der Waals surface area contributed by atoms with Gasteiger partial charge in [0, 0.05) is 6.61 Å². The third-order valence-electron chi connectivity index (χ3n) is 3.87. The molecule has 1 aliphatic rings. The number of aliphatic hydroxyl groups excluding tert-OH is 1. The lowest BCUT2D eigenvalue weighted by Gasteiger charge is -2.30. The molecule has 0 saturated carbocycles. The van der Waals surface area contributed by atoms with Gasteiger partial charge < -0.3 is 5.11 Å². The zero-order valence-corrected chi connectivity index (χ0v) is 11.4. The molecule has 0 atom stereocenters. The van der Waals surface area contributed by atoms with Gasteiger partial charge in [-0.3, -0.25) is 4.90 Å². The van der Waals surface area contributed by atoms with Crippen LogP contribution in [0.3, 0.4) is 0 Å². The Kier molecular flexibility index (Phi) is 4.03. The topological polar surface area (TPSA) is 67.1 Å². The first-order valence-electron chi connectivity index (χ1n) is 7.02. The first-order valence-corrected chi connectivity index (χ1v) is 7.02. The van der Waals surface area contributed by atoms with Gasteiger partial charge in [-0.1, -0.05) is 18.2 Å². The SMILES string of the molecule is OCC1CCN(Cc2nnnn2-c2ccccc2)CC1. The van der Waals surface area contributed by atoms with E-state index >= 15 is 0 Å². The van der Waals surface area contributed by atoms with Crippen molar-refractivity contribution >= 4 is 0 Å². The van der Waals surface area contributed by atoms with E-state index < -0.39 is 0 Å². The van der Waals surface area contributed by atoms with Crippen molar-refractivity contribution in [3.63, 3.8) is 0 Å². The van der Waals surface area contributed by atoms with Crippen molar-refractivity contribution in [3.05, 3.63) is 36.2 Å². The van der Waals surface area contributed by atoms with Crippen LogP contribution in [0, 0.1) is 5.92 Å². The molecule has 2 aromatic rings. The van der Waals surface area contributed by atoms with Crippen molar-refractivity contribution in [1.82, 2.24) is 25.1 Å². The lowest BCUT2D eigenvalue weighted by molar-refractivity contribution is 0.125. The van der Waals surface area contributed by atoms with Crippen molar-refractivity contribution in [1.29, 1.82) is 0 Å². The summed E-state index contributed by atoms with van der Waals surface area (Å²) in [6.07, 6.45) is 2.09. The molecule has 6 nitrogen and oxygen atoms in total. The molecule has 3 rings (SSSR count). The second-order valence-electron chi connectivity index (χ2n) is 5.24. The summed E-state index contributed by atoms with van der Waals surface area (Å²) in [6, 6.07) is 9.93. The van der Waals surface area contributed by atoms with Gasteiger partial charge in [-0.25, -0.2) is 0 Å². The van der Waals surface area contributed by atoms with E-state index in [0.29, 0.717) is 12.5 Å². The van der Waals surface area contributed by atoms with E-state index in [4.69, 9.17) is 0 Å². The molecule has 0 amide bonds. The Labute approximate surface area is 118 Å². The lowest BCUT2D eigenvalue weighted by Crippen LogP contribution is -2.35. The largest absolute Gasteiger partial charge is 0.396 e. The van der Waals surface area contributed by atoms with Gasteiger partial charge >= 0.3 is 0 Å². The molecule has 0 aliphatic carbocycles.